The van der Waals surface area contributed by atoms with Crippen molar-refractivity contribution in [3.05, 3.63) is 11.9 Å². The summed E-state index contributed by atoms with van der Waals surface area (Å²) < 4.78 is 25.2. The molecule has 0 bridgehead atoms. The fraction of sp³-hybridized carbons (Fsp3) is 0.818. The molecule has 0 amide bonds. The van der Waals surface area contributed by atoms with Gasteiger partial charge >= 0.3 is 0 Å². The number of sulfone groups is 1. The quantitative estimate of drug-likeness (QED) is 0.862. The smallest absolute Gasteiger partial charge is 0.153 e. The molecule has 1 N–H and O–H groups in total. The molecule has 1 aliphatic rings. The van der Waals surface area contributed by atoms with E-state index in [-0.39, 0.29) is 0 Å². The number of hydrogen-bond acceptors (Lipinski definition) is 5. The minimum atomic E-state index is -3.29. The van der Waals surface area contributed by atoms with Gasteiger partial charge in [0.15, 0.2) is 9.84 Å². The third-order valence-corrected chi connectivity index (χ3v) is 5.23. The third-order valence-electron chi connectivity index (χ3n) is 3.57. The Kier molecular flexibility index (Phi) is 3.46. The van der Waals surface area contributed by atoms with Gasteiger partial charge in [0.1, 0.15) is 5.60 Å². The van der Waals surface area contributed by atoms with E-state index in [4.69, 9.17) is 0 Å². The van der Waals surface area contributed by atoms with Gasteiger partial charge in [0.2, 0.25) is 0 Å². The molecular formula is C11H19N3O3S. The summed E-state index contributed by atoms with van der Waals surface area (Å²) in [5.41, 5.74) is -0.816. The van der Waals surface area contributed by atoms with Crippen molar-refractivity contribution >= 4 is 9.84 Å². The lowest BCUT2D eigenvalue weighted by Gasteiger charge is -2.28. The van der Waals surface area contributed by atoms with Crippen LogP contribution in [0.2, 0.25) is 0 Å². The first kappa shape index (κ1) is 13.5. The Balaban J connectivity index is 2.43. The molecule has 2 unspecified atom stereocenters. The van der Waals surface area contributed by atoms with Crippen LogP contribution in [-0.4, -0.2) is 40.0 Å². The van der Waals surface area contributed by atoms with Gasteiger partial charge in [-0.25, -0.2) is 13.1 Å². The van der Waals surface area contributed by atoms with Crippen molar-refractivity contribution in [3.8, 4) is 0 Å². The second kappa shape index (κ2) is 4.62. The first-order valence-corrected chi connectivity index (χ1v) is 8.15. The monoisotopic (exact) mass is 273 g/mol. The molecule has 7 heteroatoms. The van der Waals surface area contributed by atoms with Gasteiger partial charge in [-0.1, -0.05) is 12.1 Å². The summed E-state index contributed by atoms with van der Waals surface area (Å²) in [5.74, 6) is 0. The van der Waals surface area contributed by atoms with Crippen molar-refractivity contribution in [3.63, 3.8) is 0 Å². The first-order valence-electron chi connectivity index (χ1n) is 6.20. The maximum Gasteiger partial charge on any atom is 0.153 e. The molecule has 18 heavy (non-hydrogen) atoms. The van der Waals surface area contributed by atoms with E-state index in [1.54, 1.807) is 4.68 Å². The molecule has 2 atom stereocenters. The van der Waals surface area contributed by atoms with Crippen LogP contribution in [0.1, 0.15) is 38.3 Å². The Morgan fingerprint density at radius 3 is 2.94 bits per heavy atom. The number of aliphatic hydroxyl groups is 1. The Morgan fingerprint density at radius 2 is 2.33 bits per heavy atom. The molecular weight excluding hydrogens is 254 g/mol. The van der Waals surface area contributed by atoms with Gasteiger partial charge in [0.05, 0.1) is 17.1 Å². The van der Waals surface area contributed by atoms with E-state index < -0.39 is 20.7 Å². The van der Waals surface area contributed by atoms with Crippen molar-refractivity contribution in [1.82, 2.24) is 15.0 Å². The molecule has 0 aliphatic heterocycles. The highest BCUT2D eigenvalue weighted by atomic mass is 32.2. The minimum Gasteiger partial charge on any atom is -0.382 e. The SMILES string of the molecule is CCCn1nncc1C1(O)CCCC1S(C)(=O)=O. The molecule has 1 aromatic heterocycles. The zero-order valence-electron chi connectivity index (χ0n) is 10.7. The van der Waals surface area contributed by atoms with E-state index >= 15 is 0 Å². The van der Waals surface area contributed by atoms with Gasteiger partial charge in [0.25, 0.3) is 0 Å². The molecule has 0 aromatic carbocycles. The van der Waals surface area contributed by atoms with Gasteiger partial charge in [-0.2, -0.15) is 0 Å². The Morgan fingerprint density at radius 1 is 1.61 bits per heavy atom. The average Bonchev–Trinajstić information content (AvgIpc) is 2.84. The number of aryl methyl sites for hydroxylation is 1. The Hall–Kier alpha value is -0.950. The van der Waals surface area contributed by atoms with Crippen molar-refractivity contribution < 1.29 is 13.5 Å². The predicted octanol–water partition coefficient (Wildman–Crippen LogP) is 0.473. The second-order valence-electron chi connectivity index (χ2n) is 4.98. The van der Waals surface area contributed by atoms with Gasteiger partial charge in [-0.3, -0.25) is 0 Å². The summed E-state index contributed by atoms with van der Waals surface area (Å²) in [6, 6.07) is 0. The highest BCUT2D eigenvalue weighted by Crippen LogP contribution is 2.42. The maximum atomic E-state index is 11.8. The fourth-order valence-electron chi connectivity index (χ4n) is 2.79. The van der Waals surface area contributed by atoms with Crippen LogP contribution in [0.15, 0.2) is 6.20 Å². The highest BCUT2D eigenvalue weighted by Gasteiger charge is 2.50. The standard InChI is InChI=1S/C11H19N3O3S/c1-3-7-14-9(8-12-13-14)11(15)6-4-5-10(11)18(2,16)17/h8,10,15H,3-7H2,1-2H3. The van der Waals surface area contributed by atoms with E-state index in [9.17, 15) is 13.5 Å². The van der Waals surface area contributed by atoms with Gasteiger partial charge in [0, 0.05) is 12.8 Å². The molecule has 1 aliphatic carbocycles. The number of nitrogens with zero attached hydrogens (tertiary/aromatic N) is 3. The van der Waals surface area contributed by atoms with Crippen LogP contribution in [0, 0.1) is 0 Å². The topological polar surface area (TPSA) is 85.1 Å². The molecule has 0 saturated heterocycles. The average molecular weight is 273 g/mol. The Labute approximate surface area is 107 Å². The van der Waals surface area contributed by atoms with Gasteiger partial charge in [-0.15, -0.1) is 5.10 Å². The van der Waals surface area contributed by atoms with E-state index in [2.05, 4.69) is 10.3 Å². The molecule has 0 radical (unpaired) electrons. The summed E-state index contributed by atoms with van der Waals surface area (Å²) in [6.45, 7) is 2.63. The molecule has 1 fully saturated rings. The van der Waals surface area contributed by atoms with Crippen LogP contribution in [0.3, 0.4) is 0 Å². The predicted molar refractivity (Wildman–Crippen MR) is 66.7 cm³/mol. The summed E-state index contributed by atoms with van der Waals surface area (Å²) in [4.78, 5) is 0. The lowest BCUT2D eigenvalue weighted by Crippen LogP contribution is -2.41. The van der Waals surface area contributed by atoms with Crippen LogP contribution >= 0.6 is 0 Å². The zero-order valence-corrected chi connectivity index (χ0v) is 11.5. The van der Waals surface area contributed by atoms with E-state index in [1.807, 2.05) is 6.92 Å². The summed E-state index contributed by atoms with van der Waals surface area (Å²) in [7, 11) is -3.29. The van der Waals surface area contributed by atoms with Crippen molar-refractivity contribution in [2.75, 3.05) is 6.26 Å². The number of rotatable bonds is 4. The van der Waals surface area contributed by atoms with Crippen molar-refractivity contribution in [1.29, 1.82) is 0 Å². The summed E-state index contributed by atoms with van der Waals surface area (Å²) in [5, 5.41) is 17.8. The number of hydrogen-bond donors (Lipinski definition) is 1. The van der Waals surface area contributed by atoms with Crippen molar-refractivity contribution in [2.45, 2.75) is 50.0 Å². The fourth-order valence-corrected chi connectivity index (χ4v) is 4.33. The van der Waals surface area contributed by atoms with Gasteiger partial charge in [-0.05, 0) is 25.7 Å². The third kappa shape index (κ3) is 2.16. The van der Waals surface area contributed by atoms with Crippen molar-refractivity contribution in [2.24, 2.45) is 0 Å². The lowest BCUT2D eigenvalue weighted by atomic mass is 9.98. The van der Waals surface area contributed by atoms with Crippen LogP contribution in [0.5, 0.6) is 0 Å². The van der Waals surface area contributed by atoms with E-state index in [0.29, 0.717) is 31.5 Å². The first-order chi connectivity index (χ1) is 8.39. The molecule has 1 aromatic rings. The second-order valence-corrected chi connectivity index (χ2v) is 7.21. The highest BCUT2D eigenvalue weighted by molar-refractivity contribution is 7.91. The minimum absolute atomic E-state index is 0.446. The normalized spacial score (nSPS) is 28.7. The lowest BCUT2D eigenvalue weighted by molar-refractivity contribution is 0.0381. The number of aromatic nitrogens is 3. The van der Waals surface area contributed by atoms with Crippen LogP contribution in [0.4, 0.5) is 0 Å². The van der Waals surface area contributed by atoms with Crippen LogP contribution in [-0.2, 0) is 22.0 Å². The summed E-state index contributed by atoms with van der Waals surface area (Å²) in [6.07, 6.45) is 5.16. The molecule has 1 saturated carbocycles. The van der Waals surface area contributed by atoms with E-state index in [1.165, 1.54) is 12.5 Å². The molecule has 0 spiro atoms. The van der Waals surface area contributed by atoms with Crippen LogP contribution in [0.25, 0.3) is 0 Å². The molecule has 1 heterocycles. The largest absolute Gasteiger partial charge is 0.382 e. The molecule has 102 valence electrons. The Bertz CT molecular complexity index is 525. The van der Waals surface area contributed by atoms with E-state index in [0.717, 1.165) is 6.42 Å². The maximum absolute atomic E-state index is 11.8. The molecule has 6 nitrogen and oxygen atoms in total. The summed E-state index contributed by atoms with van der Waals surface area (Å²) >= 11 is 0. The molecule has 2 rings (SSSR count). The van der Waals surface area contributed by atoms with Gasteiger partial charge < -0.3 is 5.11 Å². The zero-order chi connectivity index (χ0) is 13.4. The van der Waals surface area contributed by atoms with Crippen LogP contribution < -0.4 is 0 Å².